The molecule has 2 rings (SSSR count). The van der Waals surface area contributed by atoms with Crippen LogP contribution in [-0.4, -0.2) is 46.8 Å². The molecular formula is C21H32N2O5. The Kier molecular flexibility index (Phi) is 7.66. The molecule has 7 heteroatoms. The Labute approximate surface area is 166 Å². The van der Waals surface area contributed by atoms with Crippen LogP contribution in [0.15, 0.2) is 23.1 Å². The van der Waals surface area contributed by atoms with Gasteiger partial charge in [0.25, 0.3) is 5.56 Å². The zero-order valence-electron chi connectivity index (χ0n) is 17.4. The number of amides is 1. The molecule has 0 aliphatic carbocycles. The summed E-state index contributed by atoms with van der Waals surface area (Å²) in [7, 11) is 0. The van der Waals surface area contributed by atoms with Crippen LogP contribution in [0.4, 0.5) is 4.79 Å². The molecule has 1 saturated heterocycles. The molecule has 0 spiro atoms. The van der Waals surface area contributed by atoms with Crippen molar-refractivity contribution in [1.29, 1.82) is 0 Å². The fraction of sp³-hybridized carbons (Fsp3) is 0.667. The van der Waals surface area contributed by atoms with Crippen LogP contribution in [0.25, 0.3) is 0 Å². The summed E-state index contributed by atoms with van der Waals surface area (Å²) in [5.74, 6) is 0.0630. The average Bonchev–Trinajstić information content (AvgIpc) is 2.61. The smallest absolute Gasteiger partial charge is 0.410 e. The molecule has 1 amide bonds. The van der Waals surface area contributed by atoms with E-state index in [1.54, 1.807) is 24.1 Å². The first-order valence-corrected chi connectivity index (χ1v) is 10.0. The molecule has 1 aromatic rings. The van der Waals surface area contributed by atoms with Crippen LogP contribution in [0.5, 0.6) is 0 Å². The van der Waals surface area contributed by atoms with E-state index in [2.05, 4.69) is 0 Å². The summed E-state index contributed by atoms with van der Waals surface area (Å²) in [5.41, 5.74) is 0.0909. The van der Waals surface area contributed by atoms with Crippen LogP contribution in [0.1, 0.15) is 52.5 Å². The van der Waals surface area contributed by atoms with Crippen LogP contribution < -0.4 is 5.56 Å². The number of hydrogen-bond acceptors (Lipinski definition) is 5. The van der Waals surface area contributed by atoms with Crippen LogP contribution >= 0.6 is 0 Å². The zero-order valence-corrected chi connectivity index (χ0v) is 17.4. The molecule has 0 atom stereocenters. The number of hydrogen-bond donors (Lipinski definition) is 0. The number of carbonyl (C=O) groups is 2. The van der Waals surface area contributed by atoms with Gasteiger partial charge in [-0.15, -0.1) is 0 Å². The van der Waals surface area contributed by atoms with Gasteiger partial charge in [-0.3, -0.25) is 9.59 Å². The number of likely N-dealkylation sites (tertiary alicyclic amines) is 1. The van der Waals surface area contributed by atoms with E-state index in [1.807, 2.05) is 26.8 Å². The number of nitrogens with zero attached hydrogens (tertiary/aromatic N) is 2. The quantitative estimate of drug-likeness (QED) is 0.696. The lowest BCUT2D eigenvalue weighted by molar-refractivity contribution is -0.143. The highest BCUT2D eigenvalue weighted by atomic mass is 16.6. The Morgan fingerprint density at radius 1 is 1.21 bits per heavy atom. The van der Waals surface area contributed by atoms with Crippen molar-refractivity contribution >= 4 is 12.1 Å². The fourth-order valence-corrected chi connectivity index (χ4v) is 3.34. The van der Waals surface area contributed by atoms with E-state index >= 15 is 0 Å². The minimum Gasteiger partial charge on any atom is -0.465 e. The van der Waals surface area contributed by atoms with Gasteiger partial charge in [0.05, 0.1) is 6.61 Å². The van der Waals surface area contributed by atoms with Crippen molar-refractivity contribution in [2.24, 2.45) is 5.92 Å². The van der Waals surface area contributed by atoms with Crippen LogP contribution in [0.3, 0.4) is 0 Å². The lowest BCUT2D eigenvalue weighted by Crippen LogP contribution is -2.41. The van der Waals surface area contributed by atoms with Crippen molar-refractivity contribution in [1.82, 2.24) is 9.47 Å². The van der Waals surface area contributed by atoms with Gasteiger partial charge in [0.15, 0.2) is 0 Å². The second kappa shape index (κ2) is 9.75. The van der Waals surface area contributed by atoms with Gasteiger partial charge in [0.1, 0.15) is 12.1 Å². The molecule has 1 aromatic heterocycles. The first-order chi connectivity index (χ1) is 13.2. The van der Waals surface area contributed by atoms with E-state index in [-0.39, 0.29) is 18.2 Å². The molecule has 7 nitrogen and oxygen atoms in total. The van der Waals surface area contributed by atoms with Crippen LogP contribution in [-0.2, 0) is 27.2 Å². The zero-order chi connectivity index (χ0) is 20.7. The normalized spacial score (nSPS) is 15.4. The van der Waals surface area contributed by atoms with Gasteiger partial charge in [-0.2, -0.15) is 0 Å². The third-order valence-electron chi connectivity index (χ3n) is 4.79. The standard InChI is InChI=1S/C21H32N2O5/c1-5-27-18(24)15-23-12-6-7-17(19(23)25)9-8-16-10-13-22(14-11-16)20(26)28-21(2,3)4/h6-7,12,16H,5,8-11,13-15H2,1-4H3. The lowest BCUT2D eigenvalue weighted by atomic mass is 9.91. The van der Waals surface area contributed by atoms with Gasteiger partial charge in [-0.25, -0.2) is 4.79 Å². The van der Waals surface area contributed by atoms with Crippen molar-refractivity contribution in [2.45, 2.75) is 65.5 Å². The van der Waals surface area contributed by atoms with E-state index in [1.165, 1.54) is 4.57 Å². The topological polar surface area (TPSA) is 77.8 Å². The molecule has 0 N–H and O–H groups in total. The molecule has 1 aliphatic rings. The average molecular weight is 392 g/mol. The Morgan fingerprint density at radius 2 is 1.89 bits per heavy atom. The third kappa shape index (κ3) is 6.69. The molecular weight excluding hydrogens is 360 g/mol. The van der Waals surface area contributed by atoms with E-state index in [4.69, 9.17) is 9.47 Å². The molecule has 156 valence electrons. The summed E-state index contributed by atoms with van der Waals surface area (Å²) >= 11 is 0. The number of carbonyl (C=O) groups excluding carboxylic acids is 2. The van der Waals surface area contributed by atoms with Crippen molar-refractivity contribution < 1.29 is 19.1 Å². The summed E-state index contributed by atoms with van der Waals surface area (Å²) < 4.78 is 11.7. The Bertz CT molecular complexity index is 727. The lowest BCUT2D eigenvalue weighted by Gasteiger charge is -2.33. The molecule has 2 heterocycles. The highest BCUT2D eigenvalue weighted by Gasteiger charge is 2.26. The van der Waals surface area contributed by atoms with E-state index in [9.17, 15) is 14.4 Å². The van der Waals surface area contributed by atoms with Gasteiger partial charge in [-0.1, -0.05) is 6.07 Å². The first-order valence-electron chi connectivity index (χ1n) is 10.0. The number of aromatic nitrogens is 1. The largest absolute Gasteiger partial charge is 0.465 e. The van der Waals surface area contributed by atoms with E-state index in [0.717, 1.165) is 19.3 Å². The fourth-order valence-electron chi connectivity index (χ4n) is 3.34. The van der Waals surface area contributed by atoms with Gasteiger partial charge in [0.2, 0.25) is 0 Å². The Hall–Kier alpha value is -2.31. The molecule has 0 bridgehead atoms. The number of rotatable bonds is 6. The summed E-state index contributed by atoms with van der Waals surface area (Å²) in [5, 5.41) is 0. The number of esters is 1. The molecule has 0 radical (unpaired) electrons. The molecule has 0 unspecified atom stereocenters. The summed E-state index contributed by atoms with van der Waals surface area (Å²) in [6, 6.07) is 3.61. The first kappa shape index (κ1) is 22.0. The SMILES string of the molecule is CCOC(=O)Cn1cccc(CCC2CCN(C(=O)OC(C)(C)C)CC2)c1=O. The maximum absolute atomic E-state index is 12.5. The Morgan fingerprint density at radius 3 is 2.50 bits per heavy atom. The summed E-state index contributed by atoms with van der Waals surface area (Å²) in [6.45, 7) is 8.95. The summed E-state index contributed by atoms with van der Waals surface area (Å²) in [4.78, 5) is 38.1. The van der Waals surface area contributed by atoms with Crippen molar-refractivity contribution in [3.05, 3.63) is 34.2 Å². The van der Waals surface area contributed by atoms with Gasteiger partial charge in [0, 0.05) is 24.8 Å². The van der Waals surface area contributed by atoms with Gasteiger partial charge >= 0.3 is 12.1 Å². The molecule has 28 heavy (non-hydrogen) atoms. The minimum atomic E-state index is -0.481. The maximum atomic E-state index is 12.5. The predicted octanol–water partition coefficient (Wildman–Crippen LogP) is 2.99. The highest BCUT2D eigenvalue weighted by Crippen LogP contribution is 2.23. The second-order valence-electron chi connectivity index (χ2n) is 8.22. The minimum absolute atomic E-state index is 0.0607. The second-order valence-corrected chi connectivity index (χ2v) is 8.22. The number of piperidine rings is 1. The molecule has 1 aliphatic heterocycles. The van der Waals surface area contributed by atoms with Gasteiger partial charge in [-0.05, 0) is 65.4 Å². The van der Waals surface area contributed by atoms with E-state index in [0.29, 0.717) is 37.6 Å². The molecule has 0 saturated carbocycles. The van der Waals surface area contributed by atoms with Crippen molar-refractivity contribution in [3.63, 3.8) is 0 Å². The highest BCUT2D eigenvalue weighted by molar-refractivity contribution is 5.69. The molecule has 1 fully saturated rings. The summed E-state index contributed by atoms with van der Waals surface area (Å²) in [6.07, 6.45) is 4.73. The Balaban J connectivity index is 1.85. The number of ether oxygens (including phenoxy) is 2. The van der Waals surface area contributed by atoms with Crippen LogP contribution in [0.2, 0.25) is 0 Å². The van der Waals surface area contributed by atoms with Gasteiger partial charge < -0.3 is 18.9 Å². The van der Waals surface area contributed by atoms with E-state index < -0.39 is 11.6 Å². The molecule has 0 aromatic carbocycles. The monoisotopic (exact) mass is 392 g/mol. The third-order valence-corrected chi connectivity index (χ3v) is 4.79. The predicted molar refractivity (Wildman–Crippen MR) is 106 cm³/mol. The van der Waals surface area contributed by atoms with Crippen LogP contribution in [0, 0.1) is 5.92 Å². The number of pyridine rings is 1. The van der Waals surface area contributed by atoms with Crippen molar-refractivity contribution in [3.8, 4) is 0 Å². The maximum Gasteiger partial charge on any atom is 0.410 e. The van der Waals surface area contributed by atoms with Crippen molar-refractivity contribution in [2.75, 3.05) is 19.7 Å². The number of aryl methyl sites for hydroxylation is 1.